The van der Waals surface area contributed by atoms with E-state index in [1.54, 1.807) is 0 Å². The second-order valence-corrected chi connectivity index (χ2v) is 2.54. The number of aliphatic hydroxyl groups excluding tert-OH is 1. The van der Waals surface area contributed by atoms with Crippen molar-refractivity contribution in [2.45, 2.75) is 12.8 Å². The van der Waals surface area contributed by atoms with Gasteiger partial charge in [0, 0.05) is 5.92 Å². The van der Waals surface area contributed by atoms with Gasteiger partial charge in [-0.05, 0) is 12.8 Å². The molecule has 4 heteroatoms. The zero-order chi connectivity index (χ0) is 8.43. The fourth-order valence-corrected chi connectivity index (χ4v) is 0.832. The van der Waals surface area contributed by atoms with Crippen molar-refractivity contribution in [2.75, 3.05) is 0 Å². The maximum atomic E-state index is 10.3. The Morgan fingerprint density at radius 3 is 2.36 bits per heavy atom. The molecule has 11 heavy (non-hydrogen) atoms. The van der Waals surface area contributed by atoms with Crippen molar-refractivity contribution in [1.82, 2.24) is 0 Å². The predicted octanol–water partition coefficient (Wildman–Crippen LogP) is 0.943. The van der Waals surface area contributed by atoms with Gasteiger partial charge in [0.25, 0.3) is 0 Å². The Kier molecular flexibility index (Phi) is 1.94. The summed E-state index contributed by atoms with van der Waals surface area (Å²) in [6.45, 7) is 0. The molecule has 0 aromatic rings. The molecular weight excluding hydrogens is 146 g/mol. The van der Waals surface area contributed by atoms with E-state index in [0.29, 0.717) is 6.26 Å². The first kappa shape index (κ1) is 7.78. The summed E-state index contributed by atoms with van der Waals surface area (Å²) in [7, 11) is 0. The molecule has 4 nitrogen and oxygen atoms in total. The average Bonchev–Trinajstić information content (AvgIpc) is 2.68. The molecule has 0 amide bonds. The molecule has 1 rings (SSSR count). The van der Waals surface area contributed by atoms with Crippen LogP contribution in [-0.2, 0) is 4.79 Å². The number of carboxylic acid groups (broad SMARTS) is 1. The molecule has 0 aliphatic heterocycles. The summed E-state index contributed by atoms with van der Waals surface area (Å²) in [4.78, 5) is 10.3. The van der Waals surface area contributed by atoms with Crippen LogP contribution in [0, 0.1) is 11.3 Å². The lowest BCUT2D eigenvalue weighted by atomic mass is 10.1. The Hall–Kier alpha value is -1.32. The first-order valence-corrected chi connectivity index (χ1v) is 3.33. The molecule has 1 aliphatic rings. The van der Waals surface area contributed by atoms with Gasteiger partial charge in [0.15, 0.2) is 0 Å². The molecule has 0 bridgehead atoms. The molecular formula is C7H9NO3. The summed E-state index contributed by atoms with van der Waals surface area (Å²) in [6.07, 6.45) is 2.22. The second kappa shape index (κ2) is 2.74. The Labute approximate surface area is 63.7 Å². The summed E-state index contributed by atoms with van der Waals surface area (Å²) in [6, 6.07) is 0. The third-order valence-electron chi connectivity index (χ3n) is 1.64. The van der Waals surface area contributed by atoms with E-state index in [1.807, 2.05) is 0 Å². The van der Waals surface area contributed by atoms with E-state index in [1.165, 1.54) is 0 Å². The molecule has 0 unspecified atom stereocenters. The summed E-state index contributed by atoms with van der Waals surface area (Å²) in [5, 5.41) is 24.2. The average molecular weight is 155 g/mol. The third-order valence-corrected chi connectivity index (χ3v) is 1.64. The number of rotatable bonds is 3. The minimum atomic E-state index is -1.23. The maximum absolute atomic E-state index is 10.3. The molecule has 1 fully saturated rings. The van der Waals surface area contributed by atoms with Crippen LogP contribution in [-0.4, -0.2) is 21.9 Å². The molecule has 0 aromatic carbocycles. The van der Waals surface area contributed by atoms with E-state index < -0.39 is 5.97 Å². The lowest BCUT2D eigenvalue weighted by Crippen LogP contribution is -2.12. The van der Waals surface area contributed by atoms with Gasteiger partial charge >= 0.3 is 5.97 Å². The monoisotopic (exact) mass is 155 g/mol. The Bertz CT molecular complexity index is 228. The molecule has 60 valence electrons. The normalized spacial score (nSPS) is 18.0. The van der Waals surface area contributed by atoms with Crippen LogP contribution < -0.4 is 0 Å². The summed E-state index contributed by atoms with van der Waals surface area (Å²) in [5.41, 5.74) is -0.243. The van der Waals surface area contributed by atoms with Gasteiger partial charge in [0.1, 0.15) is 5.57 Å². The fraction of sp³-hybridized carbons (Fsp3) is 0.429. The quantitative estimate of drug-likeness (QED) is 0.322. The largest absolute Gasteiger partial charge is 0.515 e. The van der Waals surface area contributed by atoms with E-state index in [2.05, 4.69) is 0 Å². The summed E-state index contributed by atoms with van der Waals surface area (Å²) >= 11 is 0. The second-order valence-electron chi connectivity index (χ2n) is 2.54. The lowest BCUT2D eigenvalue weighted by Gasteiger charge is -1.99. The summed E-state index contributed by atoms with van der Waals surface area (Å²) in [5.74, 6) is -1.17. The fourth-order valence-electron chi connectivity index (χ4n) is 0.832. The van der Waals surface area contributed by atoms with Crippen molar-refractivity contribution in [3.05, 3.63) is 11.8 Å². The predicted molar refractivity (Wildman–Crippen MR) is 38.8 cm³/mol. The first-order chi connectivity index (χ1) is 5.16. The molecule has 0 radical (unpaired) electrons. The highest BCUT2D eigenvalue weighted by Crippen LogP contribution is 2.32. The van der Waals surface area contributed by atoms with Gasteiger partial charge in [-0.25, -0.2) is 4.79 Å². The van der Waals surface area contributed by atoms with Crippen LogP contribution in [0.4, 0.5) is 0 Å². The number of hydrogen-bond acceptors (Lipinski definition) is 3. The topological polar surface area (TPSA) is 81.4 Å². The van der Waals surface area contributed by atoms with Crippen LogP contribution in [0.1, 0.15) is 12.8 Å². The van der Waals surface area contributed by atoms with Crippen LogP contribution in [0.2, 0.25) is 0 Å². The van der Waals surface area contributed by atoms with Gasteiger partial charge in [0.2, 0.25) is 0 Å². The molecule has 3 N–H and O–H groups in total. The van der Waals surface area contributed by atoms with Gasteiger partial charge in [0.05, 0.1) is 12.0 Å². The minimum Gasteiger partial charge on any atom is -0.515 e. The van der Waals surface area contributed by atoms with Gasteiger partial charge in [-0.3, -0.25) is 0 Å². The zero-order valence-electron chi connectivity index (χ0n) is 5.87. The van der Waals surface area contributed by atoms with Crippen molar-refractivity contribution < 1.29 is 15.0 Å². The van der Waals surface area contributed by atoms with Gasteiger partial charge < -0.3 is 15.6 Å². The van der Waals surface area contributed by atoms with E-state index in [4.69, 9.17) is 15.6 Å². The van der Waals surface area contributed by atoms with Crippen LogP contribution >= 0.6 is 0 Å². The van der Waals surface area contributed by atoms with Crippen LogP contribution in [0.3, 0.4) is 0 Å². The van der Waals surface area contributed by atoms with Gasteiger partial charge in [-0.1, -0.05) is 0 Å². The molecule has 0 saturated heterocycles. The molecule has 0 spiro atoms. The highest BCUT2D eigenvalue weighted by Gasteiger charge is 2.31. The summed E-state index contributed by atoms with van der Waals surface area (Å²) < 4.78 is 0. The SMILES string of the molecule is N=C(/C(=C\O)C(=O)O)C1CC1. The molecule has 1 aliphatic carbocycles. The van der Waals surface area contributed by atoms with Crippen molar-refractivity contribution in [2.24, 2.45) is 5.92 Å². The smallest absolute Gasteiger partial charge is 0.340 e. The Balaban J connectivity index is 2.69. The van der Waals surface area contributed by atoms with Crippen LogP contribution in [0.5, 0.6) is 0 Å². The maximum Gasteiger partial charge on any atom is 0.340 e. The first-order valence-electron chi connectivity index (χ1n) is 3.33. The van der Waals surface area contributed by atoms with E-state index in [0.717, 1.165) is 12.8 Å². The third kappa shape index (κ3) is 1.58. The zero-order valence-corrected chi connectivity index (χ0v) is 5.87. The molecule has 0 atom stereocenters. The number of aliphatic hydroxyl groups is 1. The van der Waals surface area contributed by atoms with Crippen molar-refractivity contribution in [3.63, 3.8) is 0 Å². The van der Waals surface area contributed by atoms with E-state index in [9.17, 15) is 4.79 Å². The molecule has 1 saturated carbocycles. The van der Waals surface area contributed by atoms with Gasteiger partial charge in [-0.15, -0.1) is 0 Å². The Morgan fingerprint density at radius 1 is 1.55 bits per heavy atom. The van der Waals surface area contributed by atoms with E-state index >= 15 is 0 Å². The number of carboxylic acids is 1. The highest BCUT2D eigenvalue weighted by molar-refractivity contribution is 6.19. The number of nitrogens with one attached hydrogen (secondary N) is 1. The number of hydrogen-bond donors (Lipinski definition) is 3. The van der Waals surface area contributed by atoms with Crippen LogP contribution in [0.25, 0.3) is 0 Å². The van der Waals surface area contributed by atoms with Crippen molar-refractivity contribution in [1.29, 1.82) is 5.41 Å². The molecule has 0 heterocycles. The van der Waals surface area contributed by atoms with Crippen molar-refractivity contribution in [3.8, 4) is 0 Å². The van der Waals surface area contributed by atoms with Gasteiger partial charge in [-0.2, -0.15) is 0 Å². The Morgan fingerprint density at radius 2 is 2.09 bits per heavy atom. The van der Waals surface area contributed by atoms with E-state index in [-0.39, 0.29) is 17.2 Å². The van der Waals surface area contributed by atoms with Crippen LogP contribution in [0.15, 0.2) is 11.8 Å². The highest BCUT2D eigenvalue weighted by atomic mass is 16.4. The lowest BCUT2D eigenvalue weighted by molar-refractivity contribution is -0.132. The minimum absolute atomic E-state index is 0.0417. The standard InChI is InChI=1S/C7H9NO3/c8-6(4-1-2-4)5(3-9)7(10)11/h3-4,8-9H,1-2H2,(H,10,11)/b5-3+,8-6?. The molecule has 0 aromatic heterocycles. The number of aliphatic carboxylic acids is 1. The number of carbonyl (C=O) groups is 1. The van der Waals surface area contributed by atoms with Crippen molar-refractivity contribution >= 4 is 11.7 Å².